The number of aliphatic carboxylic acids is 1. The Labute approximate surface area is 122 Å². The third kappa shape index (κ3) is 4.36. The summed E-state index contributed by atoms with van der Waals surface area (Å²) in [7, 11) is 0. The molecule has 21 heavy (non-hydrogen) atoms. The van der Waals surface area contributed by atoms with Crippen LogP contribution in [-0.4, -0.2) is 39.6 Å². The van der Waals surface area contributed by atoms with Gasteiger partial charge in [0.25, 0.3) is 5.60 Å². The standard InChI is InChI=1S/C12H12F3NO4S/c1-7(17)16-8-2-4-9(5-3-8)21-6-11(20,10(18)19)12(13,14)15/h2-5,20H,6H2,1H3,(H,16,17)(H,18,19)/t11-/m0/s1. The summed E-state index contributed by atoms with van der Waals surface area (Å²) in [4.78, 5) is 21.8. The summed E-state index contributed by atoms with van der Waals surface area (Å²) in [6, 6.07) is 5.73. The largest absolute Gasteiger partial charge is 0.479 e. The van der Waals surface area contributed by atoms with Crippen molar-refractivity contribution in [2.24, 2.45) is 0 Å². The first-order valence-corrected chi connectivity index (χ1v) is 6.58. The van der Waals surface area contributed by atoms with Gasteiger partial charge in [0, 0.05) is 23.3 Å². The van der Waals surface area contributed by atoms with Crippen LogP contribution >= 0.6 is 11.8 Å². The fourth-order valence-electron chi connectivity index (χ4n) is 1.29. The molecule has 0 saturated heterocycles. The smallest absolute Gasteiger partial charge is 0.429 e. The van der Waals surface area contributed by atoms with Gasteiger partial charge in [-0.3, -0.25) is 4.79 Å². The van der Waals surface area contributed by atoms with Gasteiger partial charge in [-0.1, -0.05) is 0 Å². The molecule has 0 radical (unpaired) electrons. The molecule has 1 amide bonds. The molecule has 3 N–H and O–H groups in total. The number of aliphatic hydroxyl groups is 1. The van der Waals surface area contributed by atoms with Gasteiger partial charge in [-0.2, -0.15) is 13.2 Å². The highest BCUT2D eigenvalue weighted by molar-refractivity contribution is 7.99. The molecule has 0 bridgehead atoms. The number of thioether (sulfide) groups is 1. The van der Waals surface area contributed by atoms with E-state index in [1.54, 1.807) is 0 Å². The number of nitrogens with one attached hydrogen (secondary N) is 1. The van der Waals surface area contributed by atoms with Crippen LogP contribution < -0.4 is 5.32 Å². The van der Waals surface area contributed by atoms with Crippen LogP contribution in [0.3, 0.4) is 0 Å². The first-order valence-electron chi connectivity index (χ1n) is 5.59. The fraction of sp³-hybridized carbons (Fsp3) is 0.333. The van der Waals surface area contributed by atoms with Crippen molar-refractivity contribution in [3.05, 3.63) is 24.3 Å². The maximum absolute atomic E-state index is 12.6. The van der Waals surface area contributed by atoms with Crippen molar-refractivity contribution in [2.45, 2.75) is 23.6 Å². The number of halogens is 3. The highest BCUT2D eigenvalue weighted by Gasteiger charge is 2.60. The lowest BCUT2D eigenvalue weighted by molar-refractivity contribution is -0.251. The van der Waals surface area contributed by atoms with Crippen molar-refractivity contribution in [1.82, 2.24) is 0 Å². The summed E-state index contributed by atoms with van der Waals surface area (Å²) in [5.41, 5.74) is -3.36. The minimum atomic E-state index is -5.28. The van der Waals surface area contributed by atoms with Crippen molar-refractivity contribution >= 4 is 29.3 Å². The molecule has 1 atom stereocenters. The van der Waals surface area contributed by atoms with Crippen molar-refractivity contribution in [3.8, 4) is 0 Å². The topological polar surface area (TPSA) is 86.6 Å². The number of carbonyl (C=O) groups is 2. The third-order valence-electron chi connectivity index (χ3n) is 2.45. The number of carboxylic acid groups (broad SMARTS) is 1. The summed E-state index contributed by atoms with van der Waals surface area (Å²) in [5, 5.41) is 20.3. The molecule has 0 aromatic heterocycles. The maximum Gasteiger partial charge on any atom is 0.429 e. The number of benzene rings is 1. The monoisotopic (exact) mass is 323 g/mol. The molecule has 0 aliphatic carbocycles. The molecule has 0 heterocycles. The Kier molecular flexibility index (Phi) is 5.24. The van der Waals surface area contributed by atoms with E-state index < -0.39 is 23.5 Å². The molecule has 0 unspecified atom stereocenters. The van der Waals surface area contributed by atoms with Crippen LogP contribution in [0.25, 0.3) is 0 Å². The molecule has 0 aliphatic rings. The van der Waals surface area contributed by atoms with Gasteiger partial charge in [-0.25, -0.2) is 4.79 Å². The first-order chi connectivity index (χ1) is 9.56. The minimum absolute atomic E-state index is 0.298. The lowest BCUT2D eigenvalue weighted by atomic mass is 10.1. The second-order valence-corrected chi connectivity index (χ2v) is 5.21. The van der Waals surface area contributed by atoms with Gasteiger partial charge in [0.1, 0.15) is 0 Å². The predicted molar refractivity (Wildman–Crippen MR) is 70.1 cm³/mol. The highest BCUT2D eigenvalue weighted by atomic mass is 32.2. The maximum atomic E-state index is 12.6. The molecule has 1 rings (SSSR count). The van der Waals surface area contributed by atoms with E-state index in [-0.39, 0.29) is 5.91 Å². The van der Waals surface area contributed by atoms with Crippen LogP contribution in [0.5, 0.6) is 0 Å². The van der Waals surface area contributed by atoms with Crippen molar-refractivity contribution < 1.29 is 33.0 Å². The van der Waals surface area contributed by atoms with Gasteiger partial charge >= 0.3 is 12.1 Å². The van der Waals surface area contributed by atoms with E-state index in [1.165, 1.54) is 31.2 Å². The molecule has 116 valence electrons. The molecule has 0 saturated carbocycles. The zero-order valence-electron chi connectivity index (χ0n) is 10.8. The normalized spacial score (nSPS) is 14.3. The number of anilines is 1. The lowest BCUT2D eigenvalue weighted by Crippen LogP contribution is -2.54. The average molecular weight is 323 g/mol. The minimum Gasteiger partial charge on any atom is -0.479 e. The molecule has 0 fully saturated rings. The van der Waals surface area contributed by atoms with Gasteiger partial charge in [-0.15, -0.1) is 11.8 Å². The number of rotatable bonds is 5. The second kappa shape index (κ2) is 6.35. The Morgan fingerprint density at radius 1 is 1.24 bits per heavy atom. The van der Waals surface area contributed by atoms with E-state index >= 15 is 0 Å². The zero-order chi connectivity index (χ0) is 16.3. The average Bonchev–Trinajstić information content (AvgIpc) is 2.35. The van der Waals surface area contributed by atoms with Crippen molar-refractivity contribution in [2.75, 3.05) is 11.1 Å². The number of hydrogen-bond acceptors (Lipinski definition) is 4. The van der Waals surface area contributed by atoms with Crippen LogP contribution in [0, 0.1) is 0 Å². The molecular weight excluding hydrogens is 311 g/mol. The Balaban J connectivity index is 2.78. The van der Waals surface area contributed by atoms with Crippen LogP contribution in [0.4, 0.5) is 18.9 Å². The van der Waals surface area contributed by atoms with Gasteiger partial charge in [0.2, 0.25) is 5.91 Å². The molecule has 0 aliphatic heterocycles. The molecule has 1 aromatic rings. The van der Waals surface area contributed by atoms with Gasteiger partial charge < -0.3 is 15.5 Å². The van der Waals surface area contributed by atoms with Crippen molar-refractivity contribution in [3.63, 3.8) is 0 Å². The first kappa shape index (κ1) is 17.3. The predicted octanol–water partition coefficient (Wildman–Crippen LogP) is 2.12. The van der Waals surface area contributed by atoms with E-state index in [2.05, 4.69) is 5.32 Å². The summed E-state index contributed by atoms with van der Waals surface area (Å²) < 4.78 is 37.7. The molecule has 5 nitrogen and oxygen atoms in total. The van der Waals surface area contributed by atoms with Crippen LogP contribution in [0.15, 0.2) is 29.2 Å². The van der Waals surface area contributed by atoms with Crippen molar-refractivity contribution in [1.29, 1.82) is 0 Å². The molecule has 0 spiro atoms. The van der Waals surface area contributed by atoms with Crippen LogP contribution in [0.1, 0.15) is 6.92 Å². The lowest BCUT2D eigenvalue weighted by Gasteiger charge is -2.25. The van der Waals surface area contributed by atoms with Crippen LogP contribution in [-0.2, 0) is 9.59 Å². The summed E-state index contributed by atoms with van der Waals surface area (Å²) in [5.74, 6) is -3.73. The SMILES string of the molecule is CC(=O)Nc1ccc(SC[C@](O)(C(=O)O)C(F)(F)F)cc1. The number of alkyl halides is 3. The third-order valence-corrected chi connectivity index (χ3v) is 3.61. The second-order valence-electron chi connectivity index (χ2n) is 4.16. The Morgan fingerprint density at radius 2 is 1.76 bits per heavy atom. The summed E-state index contributed by atoms with van der Waals surface area (Å²) in [6.07, 6.45) is -5.28. The number of amides is 1. The Hall–Kier alpha value is -1.74. The summed E-state index contributed by atoms with van der Waals surface area (Å²) in [6.45, 7) is 1.30. The van der Waals surface area contributed by atoms with E-state index in [4.69, 9.17) is 5.11 Å². The number of hydrogen-bond donors (Lipinski definition) is 3. The number of carboxylic acids is 1. The van der Waals surface area contributed by atoms with Crippen LogP contribution in [0.2, 0.25) is 0 Å². The van der Waals surface area contributed by atoms with E-state index in [1.807, 2.05) is 0 Å². The zero-order valence-corrected chi connectivity index (χ0v) is 11.6. The highest BCUT2D eigenvalue weighted by Crippen LogP contribution is 2.35. The Morgan fingerprint density at radius 3 is 2.14 bits per heavy atom. The Bertz CT molecular complexity index is 532. The molecular formula is C12H12F3NO4S. The van der Waals surface area contributed by atoms with E-state index in [0.717, 1.165) is 0 Å². The van der Waals surface area contributed by atoms with Gasteiger partial charge in [0.05, 0.1) is 0 Å². The van der Waals surface area contributed by atoms with E-state index in [9.17, 15) is 27.9 Å². The van der Waals surface area contributed by atoms with Gasteiger partial charge in [0.15, 0.2) is 0 Å². The van der Waals surface area contributed by atoms with E-state index in [0.29, 0.717) is 22.3 Å². The fourth-order valence-corrected chi connectivity index (χ4v) is 2.28. The number of carbonyl (C=O) groups excluding carboxylic acids is 1. The molecule has 1 aromatic carbocycles. The summed E-state index contributed by atoms with van der Waals surface area (Å²) >= 11 is 0.547. The molecule has 9 heteroatoms. The van der Waals surface area contributed by atoms with Gasteiger partial charge in [-0.05, 0) is 24.3 Å². The quantitative estimate of drug-likeness (QED) is 0.723.